The molecule has 0 saturated heterocycles. The van der Waals surface area contributed by atoms with Gasteiger partial charge in [-0.15, -0.1) is 0 Å². The van der Waals surface area contributed by atoms with E-state index in [1.807, 2.05) is 60.7 Å². The van der Waals surface area contributed by atoms with Crippen molar-refractivity contribution in [1.29, 1.82) is 0 Å². The van der Waals surface area contributed by atoms with Crippen LogP contribution in [0.1, 0.15) is 16.1 Å². The Hall–Kier alpha value is -3.34. The fourth-order valence-corrected chi connectivity index (χ4v) is 2.44. The van der Waals surface area contributed by atoms with Crippen molar-refractivity contribution in [2.24, 2.45) is 0 Å². The van der Waals surface area contributed by atoms with Crippen LogP contribution in [0.4, 0.5) is 5.69 Å². The number of rotatable bonds is 6. The SMILES string of the molecule is O=C(NCC(=O)N(Cc1ccccc1)c1ccccc1)c1ccco1. The molecule has 5 heteroatoms. The molecule has 0 spiro atoms. The second kappa shape index (κ2) is 7.97. The zero-order valence-electron chi connectivity index (χ0n) is 13.6. The van der Waals surface area contributed by atoms with Crippen molar-refractivity contribution in [1.82, 2.24) is 5.32 Å². The Labute approximate surface area is 145 Å². The predicted octanol–water partition coefficient (Wildman–Crippen LogP) is 3.24. The zero-order chi connectivity index (χ0) is 17.5. The molecule has 0 aliphatic heterocycles. The molecule has 5 nitrogen and oxygen atoms in total. The van der Waals surface area contributed by atoms with Gasteiger partial charge in [0.1, 0.15) is 0 Å². The van der Waals surface area contributed by atoms with Gasteiger partial charge in [0, 0.05) is 5.69 Å². The van der Waals surface area contributed by atoms with Gasteiger partial charge in [0.25, 0.3) is 5.91 Å². The molecule has 2 amide bonds. The molecule has 1 N–H and O–H groups in total. The molecule has 0 aliphatic rings. The van der Waals surface area contributed by atoms with Crippen LogP contribution in [0.5, 0.6) is 0 Å². The first-order valence-corrected chi connectivity index (χ1v) is 7.95. The number of carbonyl (C=O) groups excluding carboxylic acids is 2. The molecule has 126 valence electrons. The molecular formula is C20H18N2O3. The lowest BCUT2D eigenvalue weighted by Crippen LogP contribution is -2.40. The molecule has 0 atom stereocenters. The average molecular weight is 334 g/mol. The molecule has 0 fully saturated rings. The van der Waals surface area contributed by atoms with Crippen LogP contribution in [0.2, 0.25) is 0 Å². The number of carbonyl (C=O) groups is 2. The summed E-state index contributed by atoms with van der Waals surface area (Å²) in [4.78, 5) is 26.3. The number of nitrogens with one attached hydrogen (secondary N) is 1. The van der Waals surface area contributed by atoms with Crippen LogP contribution in [-0.2, 0) is 11.3 Å². The number of furan rings is 1. The number of para-hydroxylation sites is 1. The highest BCUT2D eigenvalue weighted by Crippen LogP contribution is 2.17. The molecule has 0 unspecified atom stereocenters. The molecule has 3 rings (SSSR count). The largest absolute Gasteiger partial charge is 0.459 e. The zero-order valence-corrected chi connectivity index (χ0v) is 13.6. The molecule has 25 heavy (non-hydrogen) atoms. The minimum atomic E-state index is -0.411. The third-order valence-electron chi connectivity index (χ3n) is 3.70. The highest BCUT2D eigenvalue weighted by Gasteiger charge is 2.18. The van der Waals surface area contributed by atoms with Gasteiger partial charge in [-0.25, -0.2) is 0 Å². The maximum atomic E-state index is 12.7. The van der Waals surface area contributed by atoms with Crippen LogP contribution >= 0.6 is 0 Å². The van der Waals surface area contributed by atoms with Crippen molar-refractivity contribution in [3.63, 3.8) is 0 Å². The number of amides is 2. The van der Waals surface area contributed by atoms with Gasteiger partial charge in [-0.1, -0.05) is 48.5 Å². The number of anilines is 1. The Balaban J connectivity index is 1.72. The first kappa shape index (κ1) is 16.5. The predicted molar refractivity (Wildman–Crippen MR) is 95.1 cm³/mol. The van der Waals surface area contributed by atoms with E-state index in [-0.39, 0.29) is 18.2 Å². The van der Waals surface area contributed by atoms with E-state index < -0.39 is 5.91 Å². The summed E-state index contributed by atoms with van der Waals surface area (Å²) in [5.41, 5.74) is 1.79. The maximum absolute atomic E-state index is 12.7. The summed E-state index contributed by atoms with van der Waals surface area (Å²) < 4.78 is 5.03. The Kier molecular flexibility index (Phi) is 5.26. The molecule has 1 heterocycles. The van der Waals surface area contributed by atoms with E-state index in [4.69, 9.17) is 4.42 Å². The van der Waals surface area contributed by atoms with Crippen molar-refractivity contribution in [3.05, 3.63) is 90.4 Å². The summed E-state index contributed by atoms with van der Waals surface area (Å²) in [6.07, 6.45) is 1.42. The minimum absolute atomic E-state index is 0.110. The molecule has 0 aliphatic carbocycles. The quantitative estimate of drug-likeness (QED) is 0.753. The van der Waals surface area contributed by atoms with E-state index in [1.54, 1.807) is 17.0 Å². The fourth-order valence-electron chi connectivity index (χ4n) is 2.44. The van der Waals surface area contributed by atoms with Crippen LogP contribution in [0, 0.1) is 0 Å². The van der Waals surface area contributed by atoms with Gasteiger partial charge in [-0.3, -0.25) is 9.59 Å². The van der Waals surface area contributed by atoms with Crippen LogP contribution in [0.25, 0.3) is 0 Å². The average Bonchev–Trinajstić information content (AvgIpc) is 3.20. The standard InChI is InChI=1S/C20H18N2O3/c23-19(14-21-20(24)18-12-7-13-25-18)22(17-10-5-2-6-11-17)15-16-8-3-1-4-9-16/h1-13H,14-15H2,(H,21,24). The van der Waals surface area contributed by atoms with Crippen molar-refractivity contribution in [2.75, 3.05) is 11.4 Å². The Morgan fingerprint density at radius 3 is 2.20 bits per heavy atom. The van der Waals surface area contributed by atoms with Gasteiger partial charge in [-0.05, 0) is 29.8 Å². The van der Waals surface area contributed by atoms with Crippen molar-refractivity contribution < 1.29 is 14.0 Å². The third kappa shape index (κ3) is 4.35. The van der Waals surface area contributed by atoms with Crippen LogP contribution in [-0.4, -0.2) is 18.4 Å². The first-order valence-electron chi connectivity index (χ1n) is 7.95. The normalized spacial score (nSPS) is 10.2. The summed E-state index contributed by atoms with van der Waals surface area (Å²) in [6, 6.07) is 22.3. The summed E-state index contributed by atoms with van der Waals surface area (Å²) in [5, 5.41) is 2.60. The van der Waals surface area contributed by atoms with Gasteiger partial charge in [0.2, 0.25) is 5.91 Å². The molecule has 0 saturated carbocycles. The number of benzene rings is 2. The van der Waals surface area contributed by atoms with Gasteiger partial charge in [-0.2, -0.15) is 0 Å². The fraction of sp³-hybridized carbons (Fsp3) is 0.100. The second-order valence-electron chi connectivity index (χ2n) is 5.46. The van der Waals surface area contributed by atoms with Gasteiger partial charge >= 0.3 is 0 Å². The van der Waals surface area contributed by atoms with Gasteiger partial charge in [0.05, 0.1) is 19.4 Å². The monoisotopic (exact) mass is 334 g/mol. The summed E-state index contributed by atoms with van der Waals surface area (Å²) in [6.45, 7) is 0.321. The number of hydrogen-bond donors (Lipinski definition) is 1. The van der Waals surface area contributed by atoms with Crippen molar-refractivity contribution in [3.8, 4) is 0 Å². The summed E-state index contributed by atoms with van der Waals surface area (Å²) in [5.74, 6) is -0.428. The van der Waals surface area contributed by atoms with E-state index in [9.17, 15) is 9.59 Å². The Morgan fingerprint density at radius 1 is 0.880 bits per heavy atom. The van der Waals surface area contributed by atoms with E-state index in [2.05, 4.69) is 5.32 Å². The minimum Gasteiger partial charge on any atom is -0.459 e. The highest BCUT2D eigenvalue weighted by molar-refractivity contribution is 5.99. The lowest BCUT2D eigenvalue weighted by molar-refractivity contribution is -0.117. The topological polar surface area (TPSA) is 62.6 Å². The molecule has 3 aromatic rings. The number of nitrogens with zero attached hydrogens (tertiary/aromatic N) is 1. The maximum Gasteiger partial charge on any atom is 0.287 e. The first-order chi connectivity index (χ1) is 12.2. The highest BCUT2D eigenvalue weighted by atomic mass is 16.3. The van der Waals surface area contributed by atoms with Crippen LogP contribution < -0.4 is 10.2 Å². The van der Waals surface area contributed by atoms with E-state index in [0.29, 0.717) is 6.54 Å². The Morgan fingerprint density at radius 2 is 1.56 bits per heavy atom. The molecule has 0 radical (unpaired) electrons. The van der Waals surface area contributed by atoms with Gasteiger partial charge < -0.3 is 14.6 Å². The molecule has 0 bridgehead atoms. The van der Waals surface area contributed by atoms with Crippen LogP contribution in [0.3, 0.4) is 0 Å². The number of hydrogen-bond acceptors (Lipinski definition) is 3. The van der Waals surface area contributed by atoms with Crippen molar-refractivity contribution >= 4 is 17.5 Å². The summed E-state index contributed by atoms with van der Waals surface area (Å²) in [7, 11) is 0. The molecular weight excluding hydrogens is 316 g/mol. The second-order valence-corrected chi connectivity index (χ2v) is 5.46. The van der Waals surface area contributed by atoms with Crippen molar-refractivity contribution in [2.45, 2.75) is 6.54 Å². The smallest absolute Gasteiger partial charge is 0.287 e. The Bertz CT molecular complexity index is 815. The van der Waals surface area contributed by atoms with E-state index >= 15 is 0 Å². The van der Waals surface area contributed by atoms with E-state index in [0.717, 1.165) is 11.3 Å². The molecule has 2 aromatic carbocycles. The lowest BCUT2D eigenvalue weighted by Gasteiger charge is -2.23. The van der Waals surface area contributed by atoms with Gasteiger partial charge in [0.15, 0.2) is 5.76 Å². The van der Waals surface area contributed by atoms with E-state index in [1.165, 1.54) is 6.26 Å². The molecule has 1 aromatic heterocycles. The lowest BCUT2D eigenvalue weighted by atomic mass is 10.2. The van der Waals surface area contributed by atoms with Crippen LogP contribution in [0.15, 0.2) is 83.5 Å². The summed E-state index contributed by atoms with van der Waals surface area (Å²) >= 11 is 0. The third-order valence-corrected chi connectivity index (χ3v) is 3.70.